The van der Waals surface area contributed by atoms with Crippen molar-refractivity contribution in [2.45, 2.75) is 58.3 Å². The van der Waals surface area contributed by atoms with E-state index in [2.05, 4.69) is 37.9 Å². The summed E-state index contributed by atoms with van der Waals surface area (Å²) < 4.78 is 0. The number of nitrogens with zero attached hydrogens (tertiary/aromatic N) is 2. The number of hydrogen-bond donors (Lipinski definition) is 1. The first-order valence-corrected chi connectivity index (χ1v) is 6.87. The summed E-state index contributed by atoms with van der Waals surface area (Å²) in [5.74, 6) is 0.324. The van der Waals surface area contributed by atoms with E-state index in [0.717, 1.165) is 32.5 Å². The summed E-state index contributed by atoms with van der Waals surface area (Å²) in [6.07, 6.45) is 2.23. The van der Waals surface area contributed by atoms with Gasteiger partial charge in [0.05, 0.1) is 11.7 Å². The number of amides is 1. The molecule has 4 heteroatoms. The number of carbonyl (C=O) groups is 1. The Labute approximate surface area is 104 Å². The molecule has 0 aromatic heterocycles. The summed E-state index contributed by atoms with van der Waals surface area (Å²) in [6, 6.07) is 0.296. The molecule has 4 nitrogen and oxygen atoms in total. The predicted molar refractivity (Wildman–Crippen MR) is 68.7 cm³/mol. The van der Waals surface area contributed by atoms with Gasteiger partial charge in [0.25, 0.3) is 0 Å². The molecule has 2 fully saturated rings. The first kappa shape index (κ1) is 12.8. The lowest BCUT2D eigenvalue weighted by Crippen LogP contribution is -2.47. The van der Waals surface area contributed by atoms with Crippen LogP contribution in [0.3, 0.4) is 0 Å². The van der Waals surface area contributed by atoms with Crippen LogP contribution in [-0.2, 0) is 4.79 Å². The summed E-state index contributed by atoms with van der Waals surface area (Å²) in [6.45, 7) is 11.7. The number of hydrogen-bond acceptors (Lipinski definition) is 3. The average Bonchev–Trinajstić information content (AvgIpc) is 3.01. The second-order valence-corrected chi connectivity index (χ2v) is 5.45. The van der Waals surface area contributed by atoms with Crippen molar-refractivity contribution < 1.29 is 4.79 Å². The van der Waals surface area contributed by atoms with Crippen LogP contribution in [0.25, 0.3) is 0 Å². The Bertz CT molecular complexity index is 297. The van der Waals surface area contributed by atoms with Crippen LogP contribution in [-0.4, -0.2) is 53.1 Å². The third-order valence-corrected chi connectivity index (χ3v) is 4.19. The molecule has 0 radical (unpaired) electrons. The highest BCUT2D eigenvalue weighted by Crippen LogP contribution is 2.42. The maximum absolute atomic E-state index is 12.3. The van der Waals surface area contributed by atoms with Crippen LogP contribution in [0.15, 0.2) is 0 Å². The average molecular weight is 239 g/mol. The van der Waals surface area contributed by atoms with Gasteiger partial charge in [0.2, 0.25) is 5.91 Å². The SMILES string of the molecule is CCN(CC)CC(C)N1C(=O)C2(CC2)NC1C. The van der Waals surface area contributed by atoms with Crippen molar-refractivity contribution in [3.63, 3.8) is 0 Å². The van der Waals surface area contributed by atoms with Gasteiger partial charge < -0.3 is 9.80 Å². The molecule has 1 amide bonds. The van der Waals surface area contributed by atoms with E-state index in [0.29, 0.717) is 11.9 Å². The van der Waals surface area contributed by atoms with Gasteiger partial charge in [-0.15, -0.1) is 0 Å². The van der Waals surface area contributed by atoms with Gasteiger partial charge in [0, 0.05) is 12.6 Å². The summed E-state index contributed by atoms with van der Waals surface area (Å²) >= 11 is 0. The molecule has 2 unspecified atom stereocenters. The van der Waals surface area contributed by atoms with Crippen molar-refractivity contribution in [2.75, 3.05) is 19.6 Å². The smallest absolute Gasteiger partial charge is 0.244 e. The van der Waals surface area contributed by atoms with E-state index >= 15 is 0 Å². The lowest BCUT2D eigenvalue weighted by molar-refractivity contribution is -0.132. The standard InChI is InChI=1S/C13H25N3O/c1-5-15(6-2)9-10(3)16-11(4)14-13(7-8-13)12(16)17/h10-11,14H,5-9H2,1-4H3. The molecule has 2 atom stereocenters. The first-order valence-electron chi connectivity index (χ1n) is 6.87. The molecule has 17 heavy (non-hydrogen) atoms. The van der Waals surface area contributed by atoms with Crippen molar-refractivity contribution in [3.05, 3.63) is 0 Å². The van der Waals surface area contributed by atoms with Crippen molar-refractivity contribution in [1.29, 1.82) is 0 Å². The normalized spacial score (nSPS) is 28.2. The van der Waals surface area contributed by atoms with E-state index in [9.17, 15) is 4.79 Å². The molecule has 98 valence electrons. The quantitative estimate of drug-likeness (QED) is 0.778. The molecule has 1 saturated carbocycles. The van der Waals surface area contributed by atoms with Gasteiger partial charge in [-0.3, -0.25) is 10.1 Å². The van der Waals surface area contributed by atoms with Gasteiger partial charge >= 0.3 is 0 Å². The van der Waals surface area contributed by atoms with Gasteiger partial charge in [-0.25, -0.2) is 0 Å². The van der Waals surface area contributed by atoms with Crippen LogP contribution >= 0.6 is 0 Å². The van der Waals surface area contributed by atoms with Crippen molar-refractivity contribution in [3.8, 4) is 0 Å². The molecule has 2 aliphatic rings. The Balaban J connectivity index is 1.99. The van der Waals surface area contributed by atoms with Crippen LogP contribution in [0.4, 0.5) is 0 Å². The second-order valence-electron chi connectivity index (χ2n) is 5.45. The fourth-order valence-electron chi connectivity index (χ4n) is 2.96. The Hall–Kier alpha value is -0.610. The van der Waals surface area contributed by atoms with E-state index in [1.807, 2.05) is 4.90 Å². The third kappa shape index (κ3) is 2.20. The van der Waals surface area contributed by atoms with Gasteiger partial charge in [0.15, 0.2) is 0 Å². The zero-order valence-corrected chi connectivity index (χ0v) is 11.5. The molecule has 0 aromatic carbocycles. The maximum atomic E-state index is 12.3. The minimum atomic E-state index is -0.170. The van der Waals surface area contributed by atoms with Crippen LogP contribution in [0.5, 0.6) is 0 Å². The number of nitrogens with one attached hydrogen (secondary N) is 1. The largest absolute Gasteiger partial charge is 0.322 e. The molecule has 1 heterocycles. The van der Waals surface area contributed by atoms with Crippen LogP contribution in [0.1, 0.15) is 40.5 Å². The molecule has 1 aliphatic carbocycles. The van der Waals surface area contributed by atoms with Gasteiger partial charge in [-0.05, 0) is 39.8 Å². The summed E-state index contributed by atoms with van der Waals surface area (Å²) in [5, 5.41) is 3.45. The summed E-state index contributed by atoms with van der Waals surface area (Å²) in [4.78, 5) is 16.8. The lowest BCUT2D eigenvalue weighted by Gasteiger charge is -2.32. The van der Waals surface area contributed by atoms with Crippen LogP contribution in [0.2, 0.25) is 0 Å². The van der Waals surface area contributed by atoms with E-state index in [1.165, 1.54) is 0 Å². The molecule has 1 saturated heterocycles. The van der Waals surface area contributed by atoms with E-state index < -0.39 is 0 Å². The Kier molecular flexibility index (Phi) is 3.46. The Morgan fingerprint density at radius 2 is 2.06 bits per heavy atom. The number of carbonyl (C=O) groups excluding carboxylic acids is 1. The molecule has 0 bridgehead atoms. The highest BCUT2D eigenvalue weighted by molar-refractivity contribution is 5.92. The van der Waals surface area contributed by atoms with Gasteiger partial charge in [0.1, 0.15) is 0 Å². The minimum Gasteiger partial charge on any atom is -0.322 e. The molecule has 2 rings (SSSR count). The molecule has 1 spiro atoms. The van der Waals surface area contributed by atoms with Crippen molar-refractivity contribution in [1.82, 2.24) is 15.1 Å². The number of likely N-dealkylation sites (N-methyl/N-ethyl adjacent to an activating group) is 1. The van der Waals surface area contributed by atoms with Gasteiger partial charge in [-0.1, -0.05) is 13.8 Å². The highest BCUT2D eigenvalue weighted by atomic mass is 16.2. The fourth-order valence-corrected chi connectivity index (χ4v) is 2.96. The molecular weight excluding hydrogens is 214 g/mol. The summed E-state index contributed by atoms with van der Waals surface area (Å²) in [5.41, 5.74) is -0.170. The monoisotopic (exact) mass is 239 g/mol. The zero-order chi connectivity index (χ0) is 12.6. The van der Waals surface area contributed by atoms with E-state index in [1.54, 1.807) is 0 Å². The third-order valence-electron chi connectivity index (χ3n) is 4.19. The topological polar surface area (TPSA) is 35.6 Å². The molecule has 1 N–H and O–H groups in total. The van der Waals surface area contributed by atoms with Crippen molar-refractivity contribution in [2.24, 2.45) is 0 Å². The Morgan fingerprint density at radius 1 is 1.47 bits per heavy atom. The first-order chi connectivity index (χ1) is 8.04. The summed E-state index contributed by atoms with van der Waals surface area (Å²) in [7, 11) is 0. The number of rotatable bonds is 5. The molecule has 1 aliphatic heterocycles. The highest BCUT2D eigenvalue weighted by Gasteiger charge is 2.58. The molecular formula is C13H25N3O. The second kappa shape index (κ2) is 4.58. The van der Waals surface area contributed by atoms with E-state index in [-0.39, 0.29) is 11.7 Å². The van der Waals surface area contributed by atoms with Gasteiger partial charge in [-0.2, -0.15) is 0 Å². The van der Waals surface area contributed by atoms with Crippen LogP contribution in [0, 0.1) is 0 Å². The minimum absolute atomic E-state index is 0.170. The predicted octanol–water partition coefficient (Wildman–Crippen LogP) is 1.03. The van der Waals surface area contributed by atoms with Crippen LogP contribution < -0.4 is 5.32 Å². The Morgan fingerprint density at radius 3 is 2.47 bits per heavy atom. The van der Waals surface area contributed by atoms with Crippen molar-refractivity contribution >= 4 is 5.91 Å². The maximum Gasteiger partial charge on any atom is 0.244 e. The zero-order valence-electron chi connectivity index (χ0n) is 11.5. The molecule has 0 aromatic rings. The fraction of sp³-hybridized carbons (Fsp3) is 0.923. The lowest BCUT2D eigenvalue weighted by atomic mass is 10.2. The van der Waals surface area contributed by atoms with E-state index in [4.69, 9.17) is 0 Å².